The quantitative estimate of drug-likeness (QED) is 0.852. The maximum Gasteiger partial charge on any atom is 0.127 e. The molecular weight excluding hydrogens is 284 g/mol. The molecule has 1 aromatic heterocycles. The van der Waals surface area contributed by atoms with Gasteiger partial charge in [0.1, 0.15) is 16.5 Å². The van der Waals surface area contributed by atoms with Crippen molar-refractivity contribution >= 4 is 11.3 Å². The Kier molecular flexibility index (Phi) is 4.41. The molecule has 4 nitrogen and oxygen atoms in total. The molecule has 0 aliphatic heterocycles. The Bertz CT molecular complexity index is 608. The normalized spacial score (nSPS) is 14.2. The first-order chi connectivity index (χ1) is 10.3. The molecule has 1 aliphatic rings. The summed E-state index contributed by atoms with van der Waals surface area (Å²) in [4.78, 5) is 5.61. The Morgan fingerprint density at radius 2 is 2.14 bits per heavy atom. The molecule has 0 amide bonds. The van der Waals surface area contributed by atoms with Gasteiger partial charge in [-0.15, -0.1) is 11.3 Å². The molecule has 0 atom stereocenters. The molecular formula is C16H20N2O2S. The number of ether oxygens (including phenoxy) is 2. The van der Waals surface area contributed by atoms with Crippen molar-refractivity contribution < 1.29 is 9.47 Å². The van der Waals surface area contributed by atoms with Crippen molar-refractivity contribution in [2.75, 3.05) is 20.8 Å². The lowest BCUT2D eigenvalue weighted by atomic mass is 10.1. The van der Waals surface area contributed by atoms with Crippen LogP contribution in [0.5, 0.6) is 11.5 Å². The van der Waals surface area contributed by atoms with E-state index in [4.69, 9.17) is 9.47 Å². The number of aromatic nitrogens is 1. The first-order valence-corrected chi connectivity index (χ1v) is 7.99. The summed E-state index contributed by atoms with van der Waals surface area (Å²) in [6.45, 7) is 1.95. The second-order valence-electron chi connectivity index (χ2n) is 5.26. The third kappa shape index (κ3) is 3.54. The molecule has 21 heavy (non-hydrogen) atoms. The number of hydrogen-bond acceptors (Lipinski definition) is 5. The van der Waals surface area contributed by atoms with Crippen LogP contribution in [0.15, 0.2) is 24.4 Å². The average molecular weight is 304 g/mol. The molecule has 1 N–H and O–H groups in total. The zero-order valence-corrected chi connectivity index (χ0v) is 13.2. The van der Waals surface area contributed by atoms with Crippen molar-refractivity contribution in [1.82, 2.24) is 10.3 Å². The predicted octanol–water partition coefficient (Wildman–Crippen LogP) is 3.33. The number of nitrogens with one attached hydrogen (secondary N) is 1. The molecule has 0 unspecified atom stereocenters. The Labute approximate surface area is 129 Å². The van der Waals surface area contributed by atoms with Crippen LogP contribution < -0.4 is 14.8 Å². The summed E-state index contributed by atoms with van der Waals surface area (Å²) in [5.41, 5.74) is 1.03. The van der Waals surface area contributed by atoms with Gasteiger partial charge in [0.15, 0.2) is 0 Å². The minimum atomic E-state index is 0.826. The molecule has 5 heteroatoms. The van der Waals surface area contributed by atoms with E-state index < -0.39 is 0 Å². The molecule has 0 saturated heterocycles. The van der Waals surface area contributed by atoms with Crippen LogP contribution >= 0.6 is 11.3 Å². The van der Waals surface area contributed by atoms with Crippen LogP contribution in [0.25, 0.3) is 10.4 Å². The monoisotopic (exact) mass is 304 g/mol. The van der Waals surface area contributed by atoms with E-state index in [0.29, 0.717) is 0 Å². The molecule has 0 radical (unpaired) electrons. The maximum absolute atomic E-state index is 5.44. The van der Waals surface area contributed by atoms with Crippen LogP contribution in [0.4, 0.5) is 0 Å². The predicted molar refractivity (Wildman–Crippen MR) is 85.1 cm³/mol. The van der Waals surface area contributed by atoms with Gasteiger partial charge in [-0.05, 0) is 43.5 Å². The SMILES string of the molecule is COc1ccc(OC)c(-c2cnc(CNCC3CC3)s2)c1. The van der Waals surface area contributed by atoms with Crippen molar-refractivity contribution in [1.29, 1.82) is 0 Å². The van der Waals surface area contributed by atoms with Gasteiger partial charge in [0.2, 0.25) is 0 Å². The van der Waals surface area contributed by atoms with Gasteiger partial charge in [0.05, 0.1) is 19.1 Å². The van der Waals surface area contributed by atoms with Gasteiger partial charge < -0.3 is 14.8 Å². The second kappa shape index (κ2) is 6.45. The summed E-state index contributed by atoms with van der Waals surface area (Å²) < 4.78 is 10.7. The number of methoxy groups -OCH3 is 2. The molecule has 2 aromatic rings. The van der Waals surface area contributed by atoms with E-state index in [2.05, 4.69) is 10.3 Å². The maximum atomic E-state index is 5.44. The summed E-state index contributed by atoms with van der Waals surface area (Å²) in [7, 11) is 3.36. The molecule has 3 rings (SSSR count). The van der Waals surface area contributed by atoms with E-state index in [-0.39, 0.29) is 0 Å². The van der Waals surface area contributed by atoms with Gasteiger partial charge in [0.25, 0.3) is 0 Å². The lowest BCUT2D eigenvalue weighted by molar-refractivity contribution is 0.404. The average Bonchev–Trinajstić information content (AvgIpc) is 3.22. The molecule has 1 aliphatic carbocycles. The standard InChI is InChI=1S/C16H20N2O2S/c1-19-12-5-6-14(20-2)13(7-12)15-9-18-16(21-15)10-17-8-11-3-4-11/h5-7,9,11,17H,3-4,8,10H2,1-2H3. The highest BCUT2D eigenvalue weighted by Gasteiger charge is 2.20. The molecule has 112 valence electrons. The Hall–Kier alpha value is -1.59. The Morgan fingerprint density at radius 1 is 1.29 bits per heavy atom. The van der Waals surface area contributed by atoms with Crippen LogP contribution in [0, 0.1) is 5.92 Å². The number of nitrogens with zero attached hydrogens (tertiary/aromatic N) is 1. The highest BCUT2D eigenvalue weighted by Crippen LogP contribution is 2.36. The van der Waals surface area contributed by atoms with Crippen LogP contribution in [0.2, 0.25) is 0 Å². The van der Waals surface area contributed by atoms with Crippen molar-refractivity contribution in [3.05, 3.63) is 29.4 Å². The zero-order valence-electron chi connectivity index (χ0n) is 12.4. The lowest BCUT2D eigenvalue weighted by Crippen LogP contribution is -2.15. The third-order valence-electron chi connectivity index (χ3n) is 3.63. The van der Waals surface area contributed by atoms with Gasteiger partial charge in [0, 0.05) is 18.3 Å². The summed E-state index contributed by atoms with van der Waals surface area (Å²) in [5, 5.41) is 4.58. The van der Waals surface area contributed by atoms with Crippen molar-refractivity contribution in [3.8, 4) is 21.9 Å². The fourth-order valence-electron chi connectivity index (χ4n) is 2.23. The van der Waals surface area contributed by atoms with Crippen molar-refractivity contribution in [2.45, 2.75) is 19.4 Å². The third-order valence-corrected chi connectivity index (χ3v) is 4.66. The van der Waals surface area contributed by atoms with Crippen LogP contribution in [-0.4, -0.2) is 25.7 Å². The Balaban J connectivity index is 1.74. The molecule has 0 bridgehead atoms. The molecule has 1 fully saturated rings. The van der Waals surface area contributed by atoms with Gasteiger partial charge >= 0.3 is 0 Å². The molecule has 1 heterocycles. The number of benzene rings is 1. The van der Waals surface area contributed by atoms with Crippen LogP contribution in [-0.2, 0) is 6.54 Å². The van der Waals surface area contributed by atoms with Crippen LogP contribution in [0.1, 0.15) is 17.8 Å². The summed E-state index contributed by atoms with van der Waals surface area (Å²) in [5.74, 6) is 2.56. The Morgan fingerprint density at radius 3 is 2.86 bits per heavy atom. The van der Waals surface area contributed by atoms with E-state index >= 15 is 0 Å². The minimum absolute atomic E-state index is 0.826. The lowest BCUT2D eigenvalue weighted by Gasteiger charge is -2.08. The first-order valence-electron chi connectivity index (χ1n) is 7.18. The molecule has 1 aromatic carbocycles. The summed E-state index contributed by atoms with van der Waals surface area (Å²) >= 11 is 1.70. The number of rotatable bonds is 7. The summed E-state index contributed by atoms with van der Waals surface area (Å²) in [6, 6.07) is 5.83. The number of thiazole rings is 1. The van der Waals surface area contributed by atoms with E-state index in [9.17, 15) is 0 Å². The largest absolute Gasteiger partial charge is 0.497 e. The minimum Gasteiger partial charge on any atom is -0.497 e. The highest BCUT2D eigenvalue weighted by molar-refractivity contribution is 7.15. The summed E-state index contributed by atoms with van der Waals surface area (Å²) in [6.07, 6.45) is 4.66. The second-order valence-corrected chi connectivity index (χ2v) is 6.37. The van der Waals surface area contributed by atoms with E-state index in [1.807, 2.05) is 24.4 Å². The van der Waals surface area contributed by atoms with Gasteiger partial charge in [-0.1, -0.05) is 0 Å². The van der Waals surface area contributed by atoms with Gasteiger partial charge in [-0.25, -0.2) is 4.98 Å². The van der Waals surface area contributed by atoms with Gasteiger partial charge in [-0.2, -0.15) is 0 Å². The zero-order chi connectivity index (χ0) is 14.7. The number of hydrogen-bond donors (Lipinski definition) is 1. The first kappa shape index (κ1) is 14.4. The van der Waals surface area contributed by atoms with Crippen molar-refractivity contribution in [2.24, 2.45) is 5.92 Å². The highest BCUT2D eigenvalue weighted by atomic mass is 32.1. The van der Waals surface area contributed by atoms with E-state index in [1.165, 1.54) is 12.8 Å². The van der Waals surface area contributed by atoms with Crippen molar-refractivity contribution in [3.63, 3.8) is 0 Å². The molecule has 1 saturated carbocycles. The molecule has 0 spiro atoms. The fraction of sp³-hybridized carbons (Fsp3) is 0.438. The van der Waals surface area contributed by atoms with Crippen LogP contribution in [0.3, 0.4) is 0 Å². The van der Waals surface area contributed by atoms with Gasteiger partial charge in [-0.3, -0.25) is 0 Å². The van der Waals surface area contributed by atoms with E-state index in [0.717, 1.165) is 46.0 Å². The fourth-order valence-corrected chi connectivity index (χ4v) is 3.14. The topological polar surface area (TPSA) is 43.4 Å². The smallest absolute Gasteiger partial charge is 0.127 e. The van der Waals surface area contributed by atoms with E-state index in [1.54, 1.807) is 25.6 Å².